The molecule has 0 aliphatic rings. The van der Waals surface area contributed by atoms with Crippen LogP contribution in [0.15, 0.2) is 12.2 Å². The number of rotatable bonds is 3. The number of hydrogen-bond donors (Lipinski definition) is 2. The molecule has 0 spiro atoms. The lowest BCUT2D eigenvalue weighted by Gasteiger charge is -2.05. The average Bonchev–Trinajstić information content (AvgIpc) is 2.01. The van der Waals surface area contributed by atoms with Gasteiger partial charge in [0.1, 0.15) is 0 Å². The molecular weight excluding hydrogens is 170 g/mol. The molecule has 0 radical (unpaired) electrons. The minimum atomic E-state index is -0.250. The van der Waals surface area contributed by atoms with Gasteiger partial charge in [-0.2, -0.15) is 0 Å². The molecule has 0 heterocycles. The fourth-order valence-electron chi connectivity index (χ4n) is 0.448. The Morgan fingerprint density at radius 2 is 2.00 bits per heavy atom. The molecular formula is C9H17NO3. The standard InChI is InChI=1S/C8H15NO.CH2O2/c1-6(2)5-9-8(10)7(3)4;2-1-3/h6H,3,5H2,1-2,4H3,(H,9,10);1H,(H,2,3). The molecule has 76 valence electrons. The zero-order chi connectivity index (χ0) is 10.9. The maximum absolute atomic E-state index is 10.8. The number of carboxylic acid groups (broad SMARTS) is 1. The van der Waals surface area contributed by atoms with E-state index in [1.165, 1.54) is 0 Å². The predicted molar refractivity (Wildman–Crippen MR) is 51.4 cm³/mol. The highest BCUT2D eigenvalue weighted by Gasteiger charge is 2.00. The molecule has 4 nitrogen and oxygen atoms in total. The fraction of sp³-hybridized carbons (Fsp3) is 0.556. The Balaban J connectivity index is 0. The molecule has 13 heavy (non-hydrogen) atoms. The van der Waals surface area contributed by atoms with Gasteiger partial charge in [0.15, 0.2) is 0 Å². The maximum atomic E-state index is 10.8. The first kappa shape index (κ1) is 14.2. The first-order valence-electron chi connectivity index (χ1n) is 3.97. The highest BCUT2D eigenvalue weighted by molar-refractivity contribution is 5.92. The molecule has 1 amide bonds. The van der Waals surface area contributed by atoms with E-state index in [1.807, 2.05) is 0 Å². The second kappa shape index (κ2) is 8.77. The Morgan fingerprint density at radius 1 is 1.62 bits per heavy atom. The fourth-order valence-corrected chi connectivity index (χ4v) is 0.448. The van der Waals surface area contributed by atoms with Crippen LogP contribution < -0.4 is 5.32 Å². The summed E-state index contributed by atoms with van der Waals surface area (Å²) >= 11 is 0. The maximum Gasteiger partial charge on any atom is 0.290 e. The highest BCUT2D eigenvalue weighted by atomic mass is 16.3. The lowest BCUT2D eigenvalue weighted by molar-refractivity contribution is -0.123. The van der Waals surface area contributed by atoms with Crippen molar-refractivity contribution in [2.24, 2.45) is 5.92 Å². The zero-order valence-corrected chi connectivity index (χ0v) is 8.33. The van der Waals surface area contributed by atoms with E-state index in [-0.39, 0.29) is 12.4 Å². The van der Waals surface area contributed by atoms with E-state index >= 15 is 0 Å². The van der Waals surface area contributed by atoms with Crippen LogP contribution in [0, 0.1) is 5.92 Å². The second-order valence-corrected chi connectivity index (χ2v) is 2.99. The van der Waals surface area contributed by atoms with Crippen LogP contribution in [-0.2, 0) is 9.59 Å². The number of hydrogen-bond acceptors (Lipinski definition) is 2. The van der Waals surface area contributed by atoms with Gasteiger partial charge in [0.25, 0.3) is 6.47 Å². The number of carbonyl (C=O) groups is 2. The van der Waals surface area contributed by atoms with Crippen LogP contribution in [0.25, 0.3) is 0 Å². The van der Waals surface area contributed by atoms with Gasteiger partial charge in [0.05, 0.1) is 0 Å². The van der Waals surface area contributed by atoms with Gasteiger partial charge in [-0.05, 0) is 12.8 Å². The smallest absolute Gasteiger partial charge is 0.290 e. The van der Waals surface area contributed by atoms with Crippen molar-refractivity contribution in [3.63, 3.8) is 0 Å². The normalized spacial score (nSPS) is 8.31. The first-order chi connectivity index (χ1) is 5.95. The Hall–Kier alpha value is -1.32. The summed E-state index contributed by atoms with van der Waals surface area (Å²) < 4.78 is 0. The molecule has 0 atom stereocenters. The van der Waals surface area contributed by atoms with Crippen molar-refractivity contribution in [2.75, 3.05) is 6.54 Å². The minimum absolute atomic E-state index is 0.0475. The summed E-state index contributed by atoms with van der Waals surface area (Å²) in [5, 5.41) is 9.63. The topological polar surface area (TPSA) is 66.4 Å². The van der Waals surface area contributed by atoms with E-state index in [0.717, 1.165) is 6.54 Å². The van der Waals surface area contributed by atoms with Crippen LogP contribution in [0.4, 0.5) is 0 Å². The van der Waals surface area contributed by atoms with Gasteiger partial charge in [0.2, 0.25) is 5.91 Å². The number of nitrogens with one attached hydrogen (secondary N) is 1. The van der Waals surface area contributed by atoms with E-state index in [9.17, 15) is 4.79 Å². The molecule has 0 aromatic heterocycles. The SMILES string of the molecule is C=C(C)C(=O)NCC(C)C.O=CO. The highest BCUT2D eigenvalue weighted by Crippen LogP contribution is 1.90. The Kier molecular flexibility index (Phi) is 9.60. The second-order valence-electron chi connectivity index (χ2n) is 2.99. The molecule has 0 bridgehead atoms. The summed E-state index contributed by atoms with van der Waals surface area (Å²) in [4.78, 5) is 19.2. The third-order valence-electron chi connectivity index (χ3n) is 1.06. The van der Waals surface area contributed by atoms with Crippen LogP contribution in [0.5, 0.6) is 0 Å². The van der Waals surface area contributed by atoms with Crippen LogP contribution in [0.2, 0.25) is 0 Å². The van der Waals surface area contributed by atoms with Gasteiger partial charge in [-0.1, -0.05) is 20.4 Å². The Bertz CT molecular complexity index is 176. The van der Waals surface area contributed by atoms with Gasteiger partial charge < -0.3 is 10.4 Å². The van der Waals surface area contributed by atoms with E-state index in [2.05, 4.69) is 25.7 Å². The van der Waals surface area contributed by atoms with Crippen molar-refractivity contribution in [2.45, 2.75) is 20.8 Å². The quantitative estimate of drug-likeness (QED) is 0.512. The van der Waals surface area contributed by atoms with Gasteiger partial charge >= 0.3 is 0 Å². The van der Waals surface area contributed by atoms with Crippen molar-refractivity contribution in [1.82, 2.24) is 5.32 Å². The van der Waals surface area contributed by atoms with Gasteiger partial charge in [-0.3, -0.25) is 9.59 Å². The third kappa shape index (κ3) is 13.6. The molecule has 2 N–H and O–H groups in total. The number of carbonyl (C=O) groups excluding carboxylic acids is 1. The lowest BCUT2D eigenvalue weighted by Crippen LogP contribution is -2.27. The summed E-state index contributed by atoms with van der Waals surface area (Å²) in [5.41, 5.74) is 0.570. The van der Waals surface area contributed by atoms with Crippen molar-refractivity contribution in [3.8, 4) is 0 Å². The van der Waals surface area contributed by atoms with Gasteiger partial charge in [-0.25, -0.2) is 0 Å². The van der Waals surface area contributed by atoms with Crippen molar-refractivity contribution in [1.29, 1.82) is 0 Å². The van der Waals surface area contributed by atoms with E-state index in [4.69, 9.17) is 9.90 Å². The van der Waals surface area contributed by atoms with Gasteiger partial charge in [-0.15, -0.1) is 0 Å². The largest absolute Gasteiger partial charge is 0.483 e. The Labute approximate surface area is 78.6 Å². The summed E-state index contributed by atoms with van der Waals surface area (Å²) in [6, 6.07) is 0. The summed E-state index contributed by atoms with van der Waals surface area (Å²) in [7, 11) is 0. The molecule has 0 rings (SSSR count). The molecule has 0 unspecified atom stereocenters. The van der Waals surface area contributed by atoms with Crippen molar-refractivity contribution < 1.29 is 14.7 Å². The Morgan fingerprint density at radius 3 is 2.23 bits per heavy atom. The van der Waals surface area contributed by atoms with Crippen LogP contribution in [0.3, 0.4) is 0 Å². The molecule has 0 saturated carbocycles. The number of amides is 1. The first-order valence-corrected chi connectivity index (χ1v) is 3.97. The van der Waals surface area contributed by atoms with E-state index in [0.29, 0.717) is 11.5 Å². The van der Waals surface area contributed by atoms with Crippen molar-refractivity contribution in [3.05, 3.63) is 12.2 Å². The molecule has 0 aliphatic heterocycles. The molecule has 0 aromatic rings. The predicted octanol–water partition coefficient (Wildman–Crippen LogP) is 1.04. The van der Waals surface area contributed by atoms with Gasteiger partial charge in [0, 0.05) is 12.1 Å². The zero-order valence-electron chi connectivity index (χ0n) is 8.33. The lowest BCUT2D eigenvalue weighted by atomic mass is 10.2. The molecule has 0 aromatic carbocycles. The van der Waals surface area contributed by atoms with Crippen molar-refractivity contribution >= 4 is 12.4 Å². The molecule has 0 saturated heterocycles. The summed E-state index contributed by atoms with van der Waals surface area (Å²) in [6.07, 6.45) is 0. The molecule has 0 fully saturated rings. The van der Waals surface area contributed by atoms with E-state index in [1.54, 1.807) is 6.92 Å². The van der Waals surface area contributed by atoms with Crippen LogP contribution >= 0.6 is 0 Å². The van der Waals surface area contributed by atoms with Crippen LogP contribution in [-0.4, -0.2) is 24.0 Å². The summed E-state index contributed by atoms with van der Waals surface area (Å²) in [5.74, 6) is 0.456. The van der Waals surface area contributed by atoms with Crippen LogP contribution in [0.1, 0.15) is 20.8 Å². The monoisotopic (exact) mass is 187 g/mol. The molecule has 4 heteroatoms. The van der Waals surface area contributed by atoms with E-state index < -0.39 is 0 Å². The average molecular weight is 187 g/mol. The molecule has 0 aliphatic carbocycles. The minimum Gasteiger partial charge on any atom is -0.483 e. The third-order valence-corrected chi connectivity index (χ3v) is 1.06. The summed E-state index contributed by atoms with van der Waals surface area (Å²) in [6.45, 7) is 9.81.